The number of alkyl halides is 1. The Balaban J connectivity index is 3.32. The van der Waals surface area contributed by atoms with Gasteiger partial charge in [0.2, 0.25) is 0 Å². The molecule has 0 N–H and O–H groups in total. The van der Waals surface area contributed by atoms with Gasteiger partial charge >= 0.3 is 0 Å². The third kappa shape index (κ3) is 6.24. The number of hydrogen-bond acceptors (Lipinski definition) is 2. The Morgan fingerprint density at radius 1 is 1.71 bits per heavy atom. The minimum absolute atomic E-state index is 0.0802. The van der Waals surface area contributed by atoms with E-state index in [0.29, 0.717) is 0 Å². The topological polar surface area (TPSA) is 34.1 Å². The molecule has 0 aromatic rings. The largest absolute Gasteiger partial charge is 0.232 e. The van der Waals surface area contributed by atoms with Crippen LogP contribution in [0.15, 0.2) is 0 Å². The summed E-state index contributed by atoms with van der Waals surface area (Å²) < 4.78 is 19.5. The van der Waals surface area contributed by atoms with Crippen molar-refractivity contribution in [2.24, 2.45) is 0 Å². The monoisotopic (exact) mass is 142 g/mol. The summed E-state index contributed by atoms with van der Waals surface area (Å²) in [4.78, 5) is 0. The molecule has 4 heteroatoms. The van der Waals surface area contributed by atoms with E-state index in [9.17, 15) is 8.42 Å². The quantitative estimate of drug-likeness (QED) is 0.442. The van der Waals surface area contributed by atoms with Crippen molar-refractivity contribution in [3.63, 3.8) is 0 Å². The van der Waals surface area contributed by atoms with E-state index in [4.69, 9.17) is 11.6 Å². The SMILES string of the molecule is CC(Cl)C[SH](=O)=O. The van der Waals surface area contributed by atoms with Gasteiger partial charge < -0.3 is 0 Å². The lowest BCUT2D eigenvalue weighted by Gasteiger charge is -1.88. The van der Waals surface area contributed by atoms with Crippen molar-refractivity contribution in [3.05, 3.63) is 0 Å². The van der Waals surface area contributed by atoms with Gasteiger partial charge in [0.1, 0.15) is 10.7 Å². The summed E-state index contributed by atoms with van der Waals surface area (Å²) in [5.41, 5.74) is 0. The van der Waals surface area contributed by atoms with Crippen molar-refractivity contribution in [3.8, 4) is 0 Å². The zero-order chi connectivity index (χ0) is 5.86. The Bertz CT molecular complexity index is 99.5. The first-order valence-corrected chi connectivity index (χ1v) is 3.68. The standard InChI is InChI=1S/C3H7ClO2S/c1-3(4)2-7(5)6/h3,7H,2H2,1H3. The first-order valence-electron chi connectivity index (χ1n) is 1.89. The van der Waals surface area contributed by atoms with E-state index in [1.165, 1.54) is 0 Å². The Morgan fingerprint density at radius 3 is 2.14 bits per heavy atom. The molecule has 0 heterocycles. The summed E-state index contributed by atoms with van der Waals surface area (Å²) in [6.07, 6.45) is 0. The number of rotatable bonds is 2. The van der Waals surface area contributed by atoms with Crippen LogP contribution in [0.1, 0.15) is 6.92 Å². The van der Waals surface area contributed by atoms with Crippen molar-refractivity contribution < 1.29 is 8.42 Å². The maximum absolute atomic E-state index is 9.76. The van der Waals surface area contributed by atoms with Crippen molar-refractivity contribution in [2.45, 2.75) is 12.3 Å². The maximum atomic E-state index is 9.76. The smallest absolute Gasteiger partial charge is 0.141 e. The van der Waals surface area contributed by atoms with Crippen LogP contribution in [-0.2, 0) is 10.7 Å². The zero-order valence-electron chi connectivity index (χ0n) is 3.93. The van der Waals surface area contributed by atoms with Gasteiger partial charge in [0, 0.05) is 5.38 Å². The van der Waals surface area contributed by atoms with Gasteiger partial charge in [0.05, 0.1) is 5.75 Å². The van der Waals surface area contributed by atoms with Crippen LogP contribution < -0.4 is 0 Å². The van der Waals surface area contributed by atoms with Crippen molar-refractivity contribution in [1.29, 1.82) is 0 Å². The molecule has 1 unspecified atom stereocenters. The summed E-state index contributed by atoms with van der Waals surface area (Å²) in [5, 5.41) is -0.249. The summed E-state index contributed by atoms with van der Waals surface area (Å²) in [7, 11) is -2.27. The van der Waals surface area contributed by atoms with Crippen molar-refractivity contribution in [1.82, 2.24) is 0 Å². The van der Waals surface area contributed by atoms with Gasteiger partial charge in [-0.3, -0.25) is 0 Å². The lowest BCUT2D eigenvalue weighted by atomic mass is 10.6. The van der Waals surface area contributed by atoms with Crippen LogP contribution in [0, 0.1) is 0 Å². The number of hydrogen-bond donors (Lipinski definition) is 1. The third-order valence-electron chi connectivity index (χ3n) is 0.401. The lowest BCUT2D eigenvalue weighted by molar-refractivity contribution is 0.613. The molecular formula is C3H7ClO2S. The fraction of sp³-hybridized carbons (Fsp3) is 1.00. The van der Waals surface area contributed by atoms with Crippen LogP contribution in [-0.4, -0.2) is 19.5 Å². The van der Waals surface area contributed by atoms with Crippen LogP contribution in [0.4, 0.5) is 0 Å². The minimum Gasteiger partial charge on any atom is -0.232 e. The molecule has 0 fully saturated rings. The van der Waals surface area contributed by atoms with Gasteiger partial charge in [-0.15, -0.1) is 11.6 Å². The third-order valence-corrected chi connectivity index (χ3v) is 1.62. The van der Waals surface area contributed by atoms with Gasteiger partial charge in [-0.1, -0.05) is 0 Å². The average molecular weight is 143 g/mol. The van der Waals surface area contributed by atoms with E-state index in [0.717, 1.165) is 0 Å². The van der Waals surface area contributed by atoms with E-state index < -0.39 is 10.7 Å². The van der Waals surface area contributed by atoms with Crippen LogP contribution in [0.5, 0.6) is 0 Å². The molecule has 1 atom stereocenters. The number of halogens is 1. The Hall–Kier alpha value is 0.240. The van der Waals surface area contributed by atoms with E-state index in [1.54, 1.807) is 6.92 Å². The molecule has 0 aromatic carbocycles. The normalized spacial score (nSPS) is 14.7. The summed E-state index contributed by atoms with van der Waals surface area (Å²) in [6, 6.07) is 0. The molecule has 44 valence electrons. The molecule has 0 bridgehead atoms. The summed E-state index contributed by atoms with van der Waals surface area (Å²) >= 11 is 5.29. The van der Waals surface area contributed by atoms with E-state index in [1.807, 2.05) is 0 Å². The van der Waals surface area contributed by atoms with Crippen LogP contribution in [0.2, 0.25) is 0 Å². The van der Waals surface area contributed by atoms with Crippen LogP contribution >= 0.6 is 11.6 Å². The average Bonchev–Trinajstić information content (AvgIpc) is 1.27. The van der Waals surface area contributed by atoms with Gasteiger partial charge in [-0.05, 0) is 6.92 Å². The molecule has 0 aliphatic heterocycles. The van der Waals surface area contributed by atoms with Crippen molar-refractivity contribution in [2.75, 3.05) is 5.75 Å². The Labute approximate surface area is 49.4 Å². The molecule has 0 spiro atoms. The highest BCUT2D eigenvalue weighted by Gasteiger charge is 1.93. The highest BCUT2D eigenvalue weighted by Crippen LogP contribution is 1.90. The minimum atomic E-state index is -2.27. The molecule has 0 saturated carbocycles. The second-order valence-electron chi connectivity index (χ2n) is 1.30. The highest BCUT2D eigenvalue weighted by molar-refractivity contribution is 7.72. The van der Waals surface area contributed by atoms with Gasteiger partial charge in [0.15, 0.2) is 0 Å². The predicted molar refractivity (Wildman–Crippen MR) is 30.5 cm³/mol. The molecule has 0 radical (unpaired) electrons. The molecule has 0 amide bonds. The molecule has 0 rings (SSSR count). The highest BCUT2D eigenvalue weighted by atomic mass is 35.5. The van der Waals surface area contributed by atoms with Crippen LogP contribution in [0.3, 0.4) is 0 Å². The second-order valence-corrected chi connectivity index (χ2v) is 3.07. The van der Waals surface area contributed by atoms with E-state index in [-0.39, 0.29) is 11.1 Å². The van der Waals surface area contributed by atoms with Gasteiger partial charge in [-0.2, -0.15) is 0 Å². The second kappa shape index (κ2) is 3.27. The predicted octanol–water partition coefficient (Wildman–Crippen LogP) is 0.225. The van der Waals surface area contributed by atoms with Crippen molar-refractivity contribution >= 4 is 22.3 Å². The molecule has 2 nitrogen and oxygen atoms in total. The maximum Gasteiger partial charge on any atom is 0.141 e. The summed E-state index contributed by atoms with van der Waals surface area (Å²) in [6.45, 7) is 1.65. The molecular weight excluding hydrogens is 136 g/mol. The molecule has 0 aliphatic rings. The Kier molecular flexibility index (Phi) is 3.38. The Morgan fingerprint density at radius 2 is 2.14 bits per heavy atom. The molecule has 0 aromatic heterocycles. The van der Waals surface area contributed by atoms with Gasteiger partial charge in [-0.25, -0.2) is 8.42 Å². The first-order chi connectivity index (χ1) is 3.13. The first kappa shape index (κ1) is 7.24. The van der Waals surface area contributed by atoms with Crippen LogP contribution in [0.25, 0.3) is 0 Å². The number of thiol groups is 1. The van der Waals surface area contributed by atoms with E-state index >= 15 is 0 Å². The van der Waals surface area contributed by atoms with E-state index in [2.05, 4.69) is 0 Å². The summed E-state index contributed by atoms with van der Waals surface area (Å²) in [5.74, 6) is 0.0802. The zero-order valence-corrected chi connectivity index (χ0v) is 5.58. The fourth-order valence-corrected chi connectivity index (χ4v) is 0.954. The lowest BCUT2D eigenvalue weighted by Crippen LogP contribution is -1.99. The fourth-order valence-electron chi connectivity index (χ4n) is 0.205. The molecule has 0 aliphatic carbocycles. The van der Waals surface area contributed by atoms with Gasteiger partial charge in [0.25, 0.3) is 0 Å². The molecule has 0 saturated heterocycles. The molecule has 7 heavy (non-hydrogen) atoms.